The van der Waals surface area contributed by atoms with Gasteiger partial charge in [0, 0.05) is 0 Å². The first-order chi connectivity index (χ1) is 8.16. The maximum absolute atomic E-state index is 10.4. The lowest BCUT2D eigenvalue weighted by Crippen LogP contribution is -2.03. The fourth-order valence-electron chi connectivity index (χ4n) is 1.49. The van der Waals surface area contributed by atoms with Crippen molar-refractivity contribution in [3.8, 4) is 16.9 Å². The number of rotatable bonds is 2. The second-order valence-corrected chi connectivity index (χ2v) is 3.79. The van der Waals surface area contributed by atoms with E-state index in [0.717, 1.165) is 11.1 Å². The summed E-state index contributed by atoms with van der Waals surface area (Å²) in [6.45, 7) is 0. The largest absolute Gasteiger partial charge is 0.511 e. The predicted molar refractivity (Wildman–Crippen MR) is 65.5 cm³/mol. The number of carboxylic acid groups (broad SMARTS) is 1. The highest BCUT2D eigenvalue weighted by molar-refractivity contribution is 6.32. The Bertz CT molecular complexity index is 538. The Morgan fingerprint density at radius 3 is 2.35 bits per heavy atom. The van der Waals surface area contributed by atoms with Crippen LogP contribution in [0, 0.1) is 0 Å². The summed E-state index contributed by atoms with van der Waals surface area (Å²) in [4.78, 5) is 10.4. The van der Waals surface area contributed by atoms with Gasteiger partial charge in [-0.25, -0.2) is 4.79 Å². The molecule has 0 fully saturated rings. The van der Waals surface area contributed by atoms with Crippen LogP contribution in [0.25, 0.3) is 11.1 Å². The zero-order valence-electron chi connectivity index (χ0n) is 8.76. The van der Waals surface area contributed by atoms with E-state index < -0.39 is 6.16 Å². The van der Waals surface area contributed by atoms with Crippen LogP contribution in [0.5, 0.6) is 5.75 Å². The molecule has 2 aromatic rings. The Balaban J connectivity index is 2.34. The molecule has 0 aliphatic carbocycles. The SMILES string of the molecule is O=C(O)Oc1ccc(-c2ccccc2)cc1Cl. The number of hydrogen-bond acceptors (Lipinski definition) is 2. The molecule has 2 rings (SSSR count). The van der Waals surface area contributed by atoms with Crippen LogP contribution in [-0.2, 0) is 0 Å². The minimum absolute atomic E-state index is 0.138. The average molecular weight is 249 g/mol. The first kappa shape index (κ1) is 11.5. The van der Waals surface area contributed by atoms with Crippen LogP contribution in [0.15, 0.2) is 48.5 Å². The van der Waals surface area contributed by atoms with Crippen LogP contribution < -0.4 is 4.74 Å². The molecule has 4 heteroatoms. The molecule has 0 saturated heterocycles. The summed E-state index contributed by atoms with van der Waals surface area (Å²) in [5.41, 5.74) is 1.92. The molecule has 86 valence electrons. The molecule has 0 aliphatic heterocycles. The van der Waals surface area contributed by atoms with Crippen molar-refractivity contribution >= 4 is 17.8 Å². The molecule has 0 aromatic heterocycles. The van der Waals surface area contributed by atoms with Gasteiger partial charge < -0.3 is 9.84 Å². The van der Waals surface area contributed by atoms with E-state index in [1.54, 1.807) is 18.2 Å². The van der Waals surface area contributed by atoms with E-state index in [-0.39, 0.29) is 10.8 Å². The molecular formula is C13H9ClO3. The summed E-state index contributed by atoms with van der Waals surface area (Å²) >= 11 is 5.94. The normalized spacial score (nSPS) is 9.94. The van der Waals surface area contributed by atoms with Crippen molar-refractivity contribution in [1.29, 1.82) is 0 Å². The summed E-state index contributed by atoms with van der Waals surface area (Å²) in [5.74, 6) is 0.138. The minimum Gasteiger partial charge on any atom is -0.449 e. The third-order valence-electron chi connectivity index (χ3n) is 2.24. The van der Waals surface area contributed by atoms with Crippen molar-refractivity contribution in [1.82, 2.24) is 0 Å². The van der Waals surface area contributed by atoms with Gasteiger partial charge in [0.25, 0.3) is 0 Å². The van der Waals surface area contributed by atoms with E-state index >= 15 is 0 Å². The van der Waals surface area contributed by atoms with Gasteiger partial charge >= 0.3 is 6.16 Å². The zero-order valence-corrected chi connectivity index (χ0v) is 9.52. The lowest BCUT2D eigenvalue weighted by molar-refractivity contribution is 0.144. The Labute approximate surface area is 103 Å². The highest BCUT2D eigenvalue weighted by Crippen LogP contribution is 2.30. The first-order valence-electron chi connectivity index (χ1n) is 4.92. The molecule has 0 atom stereocenters. The third kappa shape index (κ3) is 2.77. The summed E-state index contributed by atoms with van der Waals surface area (Å²) < 4.78 is 4.52. The van der Waals surface area contributed by atoms with E-state index in [0.29, 0.717) is 0 Å². The van der Waals surface area contributed by atoms with Gasteiger partial charge in [-0.3, -0.25) is 0 Å². The minimum atomic E-state index is -1.38. The molecule has 0 saturated carbocycles. The lowest BCUT2D eigenvalue weighted by atomic mass is 10.1. The molecule has 2 aromatic carbocycles. The van der Waals surface area contributed by atoms with E-state index in [1.807, 2.05) is 30.3 Å². The van der Waals surface area contributed by atoms with Crippen molar-refractivity contribution in [3.05, 3.63) is 53.6 Å². The summed E-state index contributed by atoms with van der Waals surface area (Å²) in [6.07, 6.45) is -1.38. The Morgan fingerprint density at radius 2 is 1.76 bits per heavy atom. The van der Waals surface area contributed by atoms with Crippen LogP contribution in [0.3, 0.4) is 0 Å². The van der Waals surface area contributed by atoms with E-state index in [2.05, 4.69) is 4.74 Å². The Morgan fingerprint density at radius 1 is 1.06 bits per heavy atom. The van der Waals surface area contributed by atoms with Gasteiger partial charge in [-0.2, -0.15) is 0 Å². The third-order valence-corrected chi connectivity index (χ3v) is 2.53. The van der Waals surface area contributed by atoms with Crippen LogP contribution in [0.4, 0.5) is 4.79 Å². The number of hydrogen-bond donors (Lipinski definition) is 1. The van der Waals surface area contributed by atoms with Gasteiger partial charge in [0.1, 0.15) is 0 Å². The van der Waals surface area contributed by atoms with E-state index in [4.69, 9.17) is 16.7 Å². The van der Waals surface area contributed by atoms with Crippen molar-refractivity contribution in [2.75, 3.05) is 0 Å². The average Bonchev–Trinajstić information content (AvgIpc) is 2.32. The fourth-order valence-corrected chi connectivity index (χ4v) is 1.71. The van der Waals surface area contributed by atoms with Crippen molar-refractivity contribution in [2.24, 2.45) is 0 Å². The molecular weight excluding hydrogens is 240 g/mol. The molecule has 0 aliphatic rings. The standard InChI is InChI=1S/C13H9ClO3/c14-11-8-10(9-4-2-1-3-5-9)6-7-12(11)17-13(15)16/h1-8H,(H,15,16). The number of ether oxygens (including phenoxy) is 1. The molecule has 3 nitrogen and oxygen atoms in total. The van der Waals surface area contributed by atoms with Gasteiger partial charge in [0.15, 0.2) is 5.75 Å². The first-order valence-corrected chi connectivity index (χ1v) is 5.30. The van der Waals surface area contributed by atoms with Gasteiger partial charge in [0.05, 0.1) is 5.02 Å². The van der Waals surface area contributed by atoms with Crippen LogP contribution >= 0.6 is 11.6 Å². The summed E-state index contributed by atoms with van der Waals surface area (Å²) in [7, 11) is 0. The second kappa shape index (κ2) is 4.89. The molecule has 0 spiro atoms. The molecule has 0 radical (unpaired) electrons. The molecule has 1 N–H and O–H groups in total. The van der Waals surface area contributed by atoms with Gasteiger partial charge in [-0.05, 0) is 23.3 Å². The lowest BCUT2D eigenvalue weighted by Gasteiger charge is -2.06. The molecule has 0 amide bonds. The quantitative estimate of drug-likeness (QED) is 0.644. The Hall–Kier alpha value is -2.00. The van der Waals surface area contributed by atoms with Crippen LogP contribution in [0.2, 0.25) is 5.02 Å². The van der Waals surface area contributed by atoms with Gasteiger partial charge in [0.2, 0.25) is 0 Å². The fraction of sp³-hybridized carbons (Fsp3) is 0. The van der Waals surface area contributed by atoms with Gasteiger partial charge in [-0.15, -0.1) is 0 Å². The van der Waals surface area contributed by atoms with E-state index in [1.165, 1.54) is 0 Å². The number of carbonyl (C=O) groups is 1. The summed E-state index contributed by atoms with van der Waals surface area (Å²) in [6, 6.07) is 14.6. The monoisotopic (exact) mass is 248 g/mol. The molecule has 0 unspecified atom stereocenters. The van der Waals surface area contributed by atoms with E-state index in [9.17, 15) is 4.79 Å². The summed E-state index contributed by atoms with van der Waals surface area (Å²) in [5, 5.41) is 8.77. The molecule has 0 bridgehead atoms. The number of halogens is 1. The van der Waals surface area contributed by atoms with Crippen molar-refractivity contribution in [2.45, 2.75) is 0 Å². The van der Waals surface area contributed by atoms with Crippen molar-refractivity contribution < 1.29 is 14.6 Å². The van der Waals surface area contributed by atoms with Gasteiger partial charge in [-0.1, -0.05) is 48.0 Å². The topological polar surface area (TPSA) is 46.5 Å². The van der Waals surface area contributed by atoms with Crippen LogP contribution in [0.1, 0.15) is 0 Å². The smallest absolute Gasteiger partial charge is 0.449 e. The second-order valence-electron chi connectivity index (χ2n) is 3.38. The highest BCUT2D eigenvalue weighted by Gasteiger charge is 2.07. The maximum Gasteiger partial charge on any atom is 0.511 e. The predicted octanol–water partition coefficient (Wildman–Crippen LogP) is 4.06. The Kier molecular flexibility index (Phi) is 3.30. The van der Waals surface area contributed by atoms with Crippen LogP contribution in [-0.4, -0.2) is 11.3 Å². The number of benzene rings is 2. The molecule has 17 heavy (non-hydrogen) atoms. The molecule has 0 heterocycles. The highest BCUT2D eigenvalue weighted by atomic mass is 35.5. The maximum atomic E-state index is 10.4. The zero-order chi connectivity index (χ0) is 12.3. The van der Waals surface area contributed by atoms with Crippen molar-refractivity contribution in [3.63, 3.8) is 0 Å².